The van der Waals surface area contributed by atoms with Gasteiger partial charge in [-0.3, -0.25) is 4.79 Å². The summed E-state index contributed by atoms with van der Waals surface area (Å²) in [5.74, 6) is -0.362. The van der Waals surface area contributed by atoms with Crippen LogP contribution in [-0.2, 0) is 6.18 Å². The molecule has 0 aliphatic heterocycles. The summed E-state index contributed by atoms with van der Waals surface area (Å²) in [7, 11) is 0. The highest BCUT2D eigenvalue weighted by Gasteiger charge is 2.30. The molecule has 0 aliphatic carbocycles. The van der Waals surface area contributed by atoms with Crippen molar-refractivity contribution in [1.29, 1.82) is 0 Å². The van der Waals surface area contributed by atoms with Crippen LogP contribution in [0.1, 0.15) is 15.9 Å². The van der Waals surface area contributed by atoms with Crippen LogP contribution in [0.15, 0.2) is 48.8 Å². The highest BCUT2D eigenvalue weighted by atomic mass is 19.4. The molecule has 152 valence electrons. The van der Waals surface area contributed by atoms with Gasteiger partial charge >= 0.3 is 6.18 Å². The molecule has 2 heterocycles. The van der Waals surface area contributed by atoms with Crippen molar-refractivity contribution in [3.8, 4) is 11.4 Å². The molecule has 0 saturated carbocycles. The molecule has 0 aliphatic rings. The Hall–Kier alpha value is -3.60. The van der Waals surface area contributed by atoms with Gasteiger partial charge < -0.3 is 20.9 Å². The number of ether oxygens (including phenoxy) is 1. The number of halogens is 3. The topological polar surface area (TPSA) is 115 Å². The number of nitrogens with two attached hydrogens (primary N) is 1. The number of para-hydroxylation sites is 2. The Morgan fingerprint density at radius 2 is 1.97 bits per heavy atom. The maximum atomic E-state index is 12.6. The Kier molecular flexibility index (Phi) is 5.69. The minimum absolute atomic E-state index is 0.00339. The largest absolute Gasteiger partial charge is 0.489 e. The van der Waals surface area contributed by atoms with Crippen molar-refractivity contribution in [2.75, 3.05) is 24.3 Å². The third-order valence-electron chi connectivity index (χ3n) is 3.83. The predicted molar refractivity (Wildman–Crippen MR) is 97.7 cm³/mol. The minimum atomic E-state index is -4.52. The molecule has 4 N–H and O–H groups in total. The smallest absolute Gasteiger partial charge is 0.417 e. The monoisotopic (exact) mass is 407 g/mol. The average Bonchev–Trinajstić information content (AvgIpc) is 3.07. The number of benzene rings is 1. The number of nitrogen functional groups attached to an aromatic ring is 1. The van der Waals surface area contributed by atoms with Gasteiger partial charge in [-0.15, -0.1) is 0 Å². The molecule has 0 radical (unpaired) electrons. The number of aliphatic hydroxyl groups is 1. The van der Waals surface area contributed by atoms with E-state index < -0.39 is 17.6 Å². The highest BCUT2D eigenvalue weighted by molar-refractivity contribution is 6.06. The molecule has 29 heavy (non-hydrogen) atoms. The molecule has 3 aromatic rings. The van der Waals surface area contributed by atoms with Crippen LogP contribution in [0.2, 0.25) is 0 Å². The molecule has 0 unspecified atom stereocenters. The van der Waals surface area contributed by atoms with Gasteiger partial charge in [0, 0.05) is 6.20 Å². The lowest BCUT2D eigenvalue weighted by atomic mass is 10.2. The van der Waals surface area contributed by atoms with Crippen molar-refractivity contribution >= 4 is 17.5 Å². The van der Waals surface area contributed by atoms with E-state index in [1.165, 1.54) is 10.9 Å². The lowest BCUT2D eigenvalue weighted by molar-refractivity contribution is -0.137. The van der Waals surface area contributed by atoms with Gasteiger partial charge in [-0.2, -0.15) is 18.3 Å². The number of nitrogens with one attached hydrogen (secondary N) is 1. The Bertz CT molecular complexity index is 1000. The van der Waals surface area contributed by atoms with Crippen molar-refractivity contribution in [3.05, 3.63) is 59.9 Å². The van der Waals surface area contributed by atoms with E-state index in [1.54, 1.807) is 24.3 Å². The normalized spacial score (nSPS) is 11.3. The first-order valence-electron chi connectivity index (χ1n) is 8.32. The van der Waals surface area contributed by atoms with Crippen LogP contribution in [0.4, 0.5) is 24.8 Å². The molecule has 0 spiro atoms. The molecular formula is C18H16F3N5O3. The van der Waals surface area contributed by atoms with Crippen LogP contribution in [0.25, 0.3) is 5.69 Å². The van der Waals surface area contributed by atoms with E-state index in [0.29, 0.717) is 17.6 Å². The maximum absolute atomic E-state index is 12.6. The summed E-state index contributed by atoms with van der Waals surface area (Å²) in [6, 6.07) is 8.60. The van der Waals surface area contributed by atoms with Crippen molar-refractivity contribution in [1.82, 2.24) is 14.8 Å². The Morgan fingerprint density at radius 1 is 1.21 bits per heavy atom. The summed E-state index contributed by atoms with van der Waals surface area (Å²) in [6.45, 7) is -0.123. The number of amides is 1. The lowest BCUT2D eigenvalue weighted by Crippen LogP contribution is -2.15. The Balaban J connectivity index is 1.82. The van der Waals surface area contributed by atoms with Gasteiger partial charge in [0.25, 0.3) is 5.91 Å². The van der Waals surface area contributed by atoms with Gasteiger partial charge in [0.05, 0.1) is 18.4 Å². The van der Waals surface area contributed by atoms with E-state index in [-0.39, 0.29) is 30.4 Å². The van der Waals surface area contributed by atoms with E-state index in [4.69, 9.17) is 15.6 Å². The summed E-state index contributed by atoms with van der Waals surface area (Å²) in [4.78, 5) is 16.0. The van der Waals surface area contributed by atoms with E-state index in [2.05, 4.69) is 15.4 Å². The second-order valence-electron chi connectivity index (χ2n) is 5.78. The molecule has 8 nitrogen and oxygen atoms in total. The fourth-order valence-electron chi connectivity index (χ4n) is 2.45. The summed E-state index contributed by atoms with van der Waals surface area (Å²) in [6.07, 6.45) is -2.68. The fourth-order valence-corrected chi connectivity index (χ4v) is 2.45. The second-order valence-corrected chi connectivity index (χ2v) is 5.78. The Morgan fingerprint density at radius 3 is 2.62 bits per heavy atom. The molecule has 3 rings (SSSR count). The zero-order chi connectivity index (χ0) is 21.0. The number of aromatic nitrogens is 3. The van der Waals surface area contributed by atoms with E-state index in [9.17, 15) is 18.0 Å². The van der Waals surface area contributed by atoms with Gasteiger partial charge in [0.15, 0.2) is 0 Å². The number of nitrogens with zero attached hydrogens (tertiary/aromatic N) is 3. The summed E-state index contributed by atoms with van der Waals surface area (Å²) in [5.41, 5.74) is 5.56. The SMILES string of the molecule is Nc1c(C(=O)Nc2ccc(C(F)(F)F)cn2)cnn1-c1ccccc1OCCO. The van der Waals surface area contributed by atoms with Crippen molar-refractivity contribution < 1.29 is 27.8 Å². The molecular weight excluding hydrogens is 391 g/mol. The fraction of sp³-hybridized carbons (Fsp3) is 0.167. The number of pyridine rings is 1. The van der Waals surface area contributed by atoms with Crippen molar-refractivity contribution in [3.63, 3.8) is 0 Å². The third-order valence-corrected chi connectivity index (χ3v) is 3.83. The first-order valence-corrected chi connectivity index (χ1v) is 8.32. The van der Waals surface area contributed by atoms with Crippen LogP contribution in [0.5, 0.6) is 5.75 Å². The van der Waals surface area contributed by atoms with E-state index >= 15 is 0 Å². The van der Waals surface area contributed by atoms with Gasteiger partial charge in [-0.1, -0.05) is 12.1 Å². The third kappa shape index (κ3) is 4.46. The average molecular weight is 407 g/mol. The number of hydrogen-bond acceptors (Lipinski definition) is 6. The number of alkyl halides is 3. The summed E-state index contributed by atoms with van der Waals surface area (Å²) < 4.78 is 44.5. The molecule has 1 amide bonds. The number of hydrogen-bond donors (Lipinski definition) is 3. The summed E-state index contributed by atoms with van der Waals surface area (Å²) in [5, 5.41) is 15.4. The zero-order valence-corrected chi connectivity index (χ0v) is 14.8. The number of anilines is 2. The molecule has 0 bridgehead atoms. The van der Waals surface area contributed by atoms with Crippen LogP contribution in [-0.4, -0.2) is 39.0 Å². The quantitative estimate of drug-likeness (QED) is 0.578. The lowest BCUT2D eigenvalue weighted by Gasteiger charge is -2.12. The van der Waals surface area contributed by atoms with E-state index in [0.717, 1.165) is 12.1 Å². The minimum Gasteiger partial charge on any atom is -0.489 e. The number of aliphatic hydroxyl groups excluding tert-OH is 1. The first-order chi connectivity index (χ1) is 13.8. The van der Waals surface area contributed by atoms with Crippen LogP contribution < -0.4 is 15.8 Å². The number of carbonyl (C=O) groups excluding carboxylic acids is 1. The van der Waals surface area contributed by atoms with Gasteiger partial charge in [0.2, 0.25) is 0 Å². The number of carbonyl (C=O) groups is 1. The molecule has 0 fully saturated rings. The van der Waals surface area contributed by atoms with Gasteiger partial charge in [0.1, 0.15) is 35.2 Å². The molecule has 0 atom stereocenters. The van der Waals surface area contributed by atoms with Crippen molar-refractivity contribution in [2.24, 2.45) is 0 Å². The maximum Gasteiger partial charge on any atom is 0.417 e. The summed E-state index contributed by atoms with van der Waals surface area (Å²) >= 11 is 0. The molecule has 0 saturated heterocycles. The van der Waals surface area contributed by atoms with Crippen molar-refractivity contribution in [2.45, 2.75) is 6.18 Å². The molecule has 2 aromatic heterocycles. The Labute approximate surface area is 162 Å². The molecule has 11 heteroatoms. The predicted octanol–water partition coefficient (Wildman–Crippen LogP) is 2.49. The standard InChI is InChI=1S/C18H16F3N5O3/c19-18(20,21)11-5-6-15(23-9-11)25-17(28)12-10-24-26(16(12)22)13-3-1-2-4-14(13)29-8-7-27/h1-6,9-10,27H,7-8,22H2,(H,23,25,28). The first kappa shape index (κ1) is 20.1. The van der Waals surface area contributed by atoms with E-state index in [1.807, 2.05) is 0 Å². The zero-order valence-electron chi connectivity index (χ0n) is 14.8. The second kappa shape index (κ2) is 8.19. The molecule has 1 aromatic carbocycles. The van der Waals surface area contributed by atoms with Gasteiger partial charge in [-0.05, 0) is 24.3 Å². The highest BCUT2D eigenvalue weighted by Crippen LogP contribution is 2.29. The van der Waals surface area contributed by atoms with Crippen LogP contribution in [0, 0.1) is 0 Å². The van der Waals surface area contributed by atoms with Gasteiger partial charge in [-0.25, -0.2) is 9.67 Å². The number of rotatable bonds is 6. The van der Waals surface area contributed by atoms with Crippen LogP contribution >= 0.6 is 0 Å². The van der Waals surface area contributed by atoms with Crippen LogP contribution in [0.3, 0.4) is 0 Å².